The van der Waals surface area contributed by atoms with Crippen LogP contribution in [-0.4, -0.2) is 9.97 Å². The molecule has 1 heterocycles. The third kappa shape index (κ3) is 1.29. The molecule has 0 aliphatic carbocycles. The van der Waals surface area contributed by atoms with E-state index in [1.54, 1.807) is 6.92 Å². The van der Waals surface area contributed by atoms with Gasteiger partial charge in [-0.15, -0.1) is 0 Å². The second-order valence-corrected chi connectivity index (χ2v) is 2.18. The smallest absolute Gasteiger partial charge is 0.156 e. The van der Waals surface area contributed by atoms with Crippen LogP contribution in [0.15, 0.2) is 6.58 Å². The molecular formula is C7H10N4. The predicted molar refractivity (Wildman–Crippen MR) is 45.7 cm³/mol. The average molecular weight is 150 g/mol. The van der Waals surface area contributed by atoms with E-state index in [9.17, 15) is 0 Å². The van der Waals surface area contributed by atoms with Crippen molar-refractivity contribution in [2.45, 2.75) is 6.92 Å². The molecule has 0 aliphatic heterocycles. The van der Waals surface area contributed by atoms with Gasteiger partial charge in [-0.2, -0.15) is 0 Å². The van der Waals surface area contributed by atoms with Crippen molar-refractivity contribution in [2.75, 3.05) is 11.5 Å². The molecule has 0 aromatic carbocycles. The highest BCUT2D eigenvalue weighted by Gasteiger charge is 2.01. The first-order valence-corrected chi connectivity index (χ1v) is 3.17. The van der Waals surface area contributed by atoms with Crippen molar-refractivity contribution >= 4 is 17.7 Å². The molecule has 0 aliphatic rings. The van der Waals surface area contributed by atoms with Crippen LogP contribution in [0.1, 0.15) is 11.4 Å². The molecule has 4 heteroatoms. The maximum Gasteiger partial charge on any atom is 0.156 e. The first-order valence-electron chi connectivity index (χ1n) is 3.17. The molecule has 1 rings (SSSR count). The van der Waals surface area contributed by atoms with Gasteiger partial charge in [0.05, 0.1) is 0 Å². The van der Waals surface area contributed by atoms with Gasteiger partial charge in [-0.3, -0.25) is 0 Å². The van der Waals surface area contributed by atoms with Crippen LogP contribution in [0.25, 0.3) is 6.08 Å². The summed E-state index contributed by atoms with van der Waals surface area (Å²) in [5, 5.41) is 0. The standard InChI is InChI=1S/C7H10N4/c1-3-5-10-6(8)4(2)7(9)11-5/h3H,1H2,2H3,(H4,8,9,10,11). The van der Waals surface area contributed by atoms with Gasteiger partial charge in [0.25, 0.3) is 0 Å². The highest BCUT2D eigenvalue weighted by molar-refractivity contribution is 5.55. The number of nitrogens with two attached hydrogens (primary N) is 2. The van der Waals surface area contributed by atoms with Crippen LogP contribution in [0, 0.1) is 6.92 Å². The Morgan fingerprint density at radius 3 is 2.09 bits per heavy atom. The zero-order chi connectivity index (χ0) is 8.43. The molecule has 0 bridgehead atoms. The molecule has 0 fully saturated rings. The van der Waals surface area contributed by atoms with Crippen LogP contribution < -0.4 is 11.5 Å². The molecule has 1 aromatic rings. The SMILES string of the molecule is C=Cc1nc(N)c(C)c(N)n1. The van der Waals surface area contributed by atoms with Gasteiger partial charge >= 0.3 is 0 Å². The van der Waals surface area contributed by atoms with Gasteiger partial charge in [0.15, 0.2) is 5.82 Å². The first-order chi connectivity index (χ1) is 5.15. The highest BCUT2D eigenvalue weighted by atomic mass is 15.0. The van der Waals surface area contributed by atoms with Crippen LogP contribution in [0.3, 0.4) is 0 Å². The van der Waals surface area contributed by atoms with Gasteiger partial charge in [0.1, 0.15) is 11.6 Å². The van der Waals surface area contributed by atoms with Gasteiger partial charge in [0, 0.05) is 5.56 Å². The maximum atomic E-state index is 5.52. The lowest BCUT2D eigenvalue weighted by atomic mass is 10.3. The number of hydrogen-bond donors (Lipinski definition) is 2. The molecular weight excluding hydrogens is 140 g/mol. The van der Waals surface area contributed by atoms with Crippen LogP contribution in [0.4, 0.5) is 11.6 Å². The zero-order valence-electron chi connectivity index (χ0n) is 6.33. The van der Waals surface area contributed by atoms with E-state index in [4.69, 9.17) is 11.5 Å². The van der Waals surface area contributed by atoms with Crippen LogP contribution in [-0.2, 0) is 0 Å². The summed E-state index contributed by atoms with van der Waals surface area (Å²) >= 11 is 0. The van der Waals surface area contributed by atoms with Gasteiger partial charge in [-0.05, 0) is 13.0 Å². The lowest BCUT2D eigenvalue weighted by molar-refractivity contribution is 1.12. The van der Waals surface area contributed by atoms with Crippen molar-refractivity contribution < 1.29 is 0 Å². The van der Waals surface area contributed by atoms with E-state index in [1.807, 2.05) is 0 Å². The normalized spacial score (nSPS) is 9.55. The fourth-order valence-corrected chi connectivity index (χ4v) is 0.662. The molecule has 1 aromatic heterocycles. The summed E-state index contributed by atoms with van der Waals surface area (Å²) in [6.45, 7) is 5.28. The lowest BCUT2D eigenvalue weighted by Crippen LogP contribution is -2.03. The molecule has 0 saturated heterocycles. The van der Waals surface area contributed by atoms with Crippen LogP contribution in [0.5, 0.6) is 0 Å². The van der Waals surface area contributed by atoms with E-state index in [0.717, 1.165) is 5.56 Å². The van der Waals surface area contributed by atoms with Gasteiger partial charge in [0.2, 0.25) is 0 Å². The number of nitrogen functional groups attached to an aromatic ring is 2. The Kier molecular flexibility index (Phi) is 1.76. The number of aromatic nitrogens is 2. The van der Waals surface area contributed by atoms with E-state index in [1.165, 1.54) is 6.08 Å². The summed E-state index contributed by atoms with van der Waals surface area (Å²) in [7, 11) is 0. The summed E-state index contributed by atoms with van der Waals surface area (Å²) in [6.07, 6.45) is 1.51. The Balaban J connectivity index is 3.31. The van der Waals surface area contributed by atoms with E-state index >= 15 is 0 Å². The second kappa shape index (κ2) is 2.57. The van der Waals surface area contributed by atoms with Crippen LogP contribution >= 0.6 is 0 Å². The minimum absolute atomic E-state index is 0.410. The van der Waals surface area contributed by atoms with Crippen molar-refractivity contribution in [1.82, 2.24) is 9.97 Å². The summed E-state index contributed by atoms with van der Waals surface area (Å²) in [6, 6.07) is 0. The fourth-order valence-electron chi connectivity index (χ4n) is 0.662. The summed E-state index contributed by atoms with van der Waals surface area (Å²) in [5.41, 5.74) is 11.8. The van der Waals surface area contributed by atoms with E-state index in [-0.39, 0.29) is 0 Å². The number of nitrogens with zero attached hydrogens (tertiary/aromatic N) is 2. The molecule has 58 valence electrons. The zero-order valence-corrected chi connectivity index (χ0v) is 6.33. The Bertz CT molecular complexity index is 269. The van der Waals surface area contributed by atoms with E-state index in [0.29, 0.717) is 17.5 Å². The van der Waals surface area contributed by atoms with Crippen molar-refractivity contribution in [2.24, 2.45) is 0 Å². The third-order valence-corrected chi connectivity index (χ3v) is 1.42. The van der Waals surface area contributed by atoms with E-state index in [2.05, 4.69) is 16.5 Å². The average Bonchev–Trinajstić information content (AvgIpc) is 1.99. The molecule has 4 N–H and O–H groups in total. The molecule has 0 atom stereocenters. The van der Waals surface area contributed by atoms with E-state index < -0.39 is 0 Å². The molecule has 0 amide bonds. The second-order valence-electron chi connectivity index (χ2n) is 2.18. The predicted octanol–water partition coefficient (Wildman–Crippen LogP) is 0.592. The number of anilines is 2. The van der Waals surface area contributed by atoms with Crippen molar-refractivity contribution in [3.05, 3.63) is 18.0 Å². The van der Waals surface area contributed by atoms with Crippen molar-refractivity contribution in [3.8, 4) is 0 Å². The molecule has 0 radical (unpaired) electrons. The Morgan fingerprint density at radius 2 is 1.73 bits per heavy atom. The topological polar surface area (TPSA) is 77.8 Å². The minimum Gasteiger partial charge on any atom is -0.383 e. The number of hydrogen-bond acceptors (Lipinski definition) is 4. The quantitative estimate of drug-likeness (QED) is 0.614. The molecule has 0 spiro atoms. The molecule has 4 nitrogen and oxygen atoms in total. The van der Waals surface area contributed by atoms with Crippen molar-refractivity contribution in [1.29, 1.82) is 0 Å². The molecule has 11 heavy (non-hydrogen) atoms. The van der Waals surface area contributed by atoms with Crippen LogP contribution in [0.2, 0.25) is 0 Å². The van der Waals surface area contributed by atoms with Gasteiger partial charge < -0.3 is 11.5 Å². The Hall–Kier alpha value is -1.58. The Labute approximate surface area is 65.0 Å². The maximum absolute atomic E-state index is 5.52. The molecule has 0 saturated carbocycles. The summed E-state index contributed by atoms with van der Waals surface area (Å²) in [5.74, 6) is 1.28. The van der Waals surface area contributed by atoms with Gasteiger partial charge in [-0.25, -0.2) is 9.97 Å². The lowest BCUT2D eigenvalue weighted by Gasteiger charge is -2.02. The number of rotatable bonds is 1. The first kappa shape index (κ1) is 7.53. The fraction of sp³-hybridized carbons (Fsp3) is 0.143. The minimum atomic E-state index is 0.410. The highest BCUT2D eigenvalue weighted by Crippen LogP contribution is 2.13. The summed E-state index contributed by atoms with van der Waals surface area (Å²) < 4.78 is 0. The molecule has 0 unspecified atom stereocenters. The monoisotopic (exact) mass is 150 g/mol. The third-order valence-electron chi connectivity index (χ3n) is 1.42. The largest absolute Gasteiger partial charge is 0.383 e. The summed E-state index contributed by atoms with van der Waals surface area (Å²) in [4.78, 5) is 7.84. The Morgan fingerprint density at radius 1 is 1.27 bits per heavy atom. The van der Waals surface area contributed by atoms with Crippen molar-refractivity contribution in [3.63, 3.8) is 0 Å². The van der Waals surface area contributed by atoms with Gasteiger partial charge in [-0.1, -0.05) is 6.58 Å².